The van der Waals surface area contributed by atoms with Gasteiger partial charge in [-0.3, -0.25) is 10.1 Å². The molecule has 2 aromatic rings. The molecule has 0 N–H and O–H groups in total. The van der Waals surface area contributed by atoms with Crippen molar-refractivity contribution in [2.45, 2.75) is 0 Å². The molecule has 1 aromatic heterocycles. The molecule has 19 heavy (non-hydrogen) atoms. The van der Waals surface area contributed by atoms with Gasteiger partial charge in [-0.15, -0.1) is 0 Å². The molecular weight excluding hydrogens is 325 g/mol. The van der Waals surface area contributed by atoms with Crippen LogP contribution in [0.5, 0.6) is 5.75 Å². The van der Waals surface area contributed by atoms with Crippen LogP contribution in [0.1, 0.15) is 10.6 Å². The van der Waals surface area contributed by atoms with Gasteiger partial charge in [0.25, 0.3) is 0 Å². The Morgan fingerprint density at radius 3 is 2.68 bits per heavy atom. The highest BCUT2D eigenvalue weighted by Gasteiger charge is 2.21. The summed E-state index contributed by atoms with van der Waals surface area (Å²) in [7, 11) is 0. The summed E-state index contributed by atoms with van der Waals surface area (Å²) in [6, 6.07) is 5.34. The highest BCUT2D eigenvalue weighted by Crippen LogP contribution is 2.28. The molecule has 0 aliphatic heterocycles. The molecule has 98 valence electrons. The van der Waals surface area contributed by atoms with Crippen molar-refractivity contribution in [2.75, 3.05) is 0 Å². The fourth-order valence-electron chi connectivity index (χ4n) is 1.29. The van der Waals surface area contributed by atoms with Gasteiger partial charge in [-0.05, 0) is 34.1 Å². The lowest BCUT2D eigenvalue weighted by Crippen LogP contribution is -2.09. The lowest BCUT2D eigenvalue weighted by Gasteiger charge is -2.03. The van der Waals surface area contributed by atoms with E-state index in [0.717, 1.165) is 18.2 Å². The summed E-state index contributed by atoms with van der Waals surface area (Å²) in [5, 5.41) is 10.7. The minimum absolute atomic E-state index is 0.162. The number of ether oxygens (including phenoxy) is 1. The van der Waals surface area contributed by atoms with E-state index in [4.69, 9.17) is 9.15 Å². The van der Waals surface area contributed by atoms with Crippen LogP contribution >= 0.6 is 15.9 Å². The molecule has 0 unspecified atom stereocenters. The second-order valence-electron chi connectivity index (χ2n) is 3.36. The van der Waals surface area contributed by atoms with Crippen molar-refractivity contribution in [1.82, 2.24) is 0 Å². The van der Waals surface area contributed by atoms with Crippen LogP contribution in [0.3, 0.4) is 0 Å². The maximum atomic E-state index is 13.0. The third-order valence-electron chi connectivity index (χ3n) is 2.10. The van der Waals surface area contributed by atoms with Crippen LogP contribution < -0.4 is 4.74 Å². The van der Waals surface area contributed by atoms with Crippen LogP contribution in [-0.4, -0.2) is 10.9 Å². The number of nitro groups is 1. The number of halogens is 2. The van der Waals surface area contributed by atoms with E-state index in [1.807, 2.05) is 0 Å². The number of hydrogen-bond donors (Lipinski definition) is 0. The minimum Gasteiger partial charge on any atom is -0.442 e. The van der Waals surface area contributed by atoms with Crippen molar-refractivity contribution in [3.8, 4) is 5.75 Å². The lowest BCUT2D eigenvalue weighted by atomic mass is 10.3. The average molecular weight is 330 g/mol. The quantitative estimate of drug-likeness (QED) is 0.373. The number of carbonyl (C=O) groups is 1. The maximum Gasteiger partial charge on any atom is 0.379 e. The van der Waals surface area contributed by atoms with Gasteiger partial charge in [-0.1, -0.05) is 0 Å². The summed E-state index contributed by atoms with van der Waals surface area (Å²) in [5.74, 6) is -2.36. The molecule has 0 atom stereocenters. The number of benzene rings is 1. The number of rotatable bonds is 3. The highest BCUT2D eigenvalue weighted by atomic mass is 79.9. The summed E-state index contributed by atoms with van der Waals surface area (Å²) in [6.07, 6.45) is 0. The first-order valence-corrected chi connectivity index (χ1v) is 5.68. The predicted octanol–water partition coefficient (Wildman–Crippen LogP) is 3.31. The molecule has 0 bridgehead atoms. The van der Waals surface area contributed by atoms with Crippen molar-refractivity contribution in [2.24, 2.45) is 0 Å². The van der Waals surface area contributed by atoms with E-state index >= 15 is 0 Å². The third-order valence-corrected chi connectivity index (χ3v) is 2.52. The summed E-state index contributed by atoms with van der Waals surface area (Å²) < 4.78 is 23.0. The zero-order chi connectivity index (χ0) is 14.0. The maximum absolute atomic E-state index is 13.0. The van der Waals surface area contributed by atoms with E-state index in [1.165, 1.54) is 12.1 Å². The Morgan fingerprint density at radius 2 is 2.11 bits per heavy atom. The van der Waals surface area contributed by atoms with Gasteiger partial charge in [0.2, 0.25) is 11.5 Å². The van der Waals surface area contributed by atoms with Gasteiger partial charge in [0, 0.05) is 12.1 Å². The van der Waals surface area contributed by atoms with E-state index in [0.29, 0.717) is 4.67 Å². The second kappa shape index (κ2) is 5.19. The molecule has 0 spiro atoms. The molecule has 2 rings (SSSR count). The molecule has 1 aromatic carbocycles. The predicted molar refractivity (Wildman–Crippen MR) is 64.4 cm³/mol. The standard InChI is InChI=1S/C11H5BrFNO5/c12-10-4-3-8(18-10)11(15)19-9-5-6(13)1-2-7(9)14(16)17/h1-5H. The van der Waals surface area contributed by atoms with E-state index in [1.54, 1.807) is 0 Å². The molecule has 0 amide bonds. The monoisotopic (exact) mass is 329 g/mol. The van der Waals surface area contributed by atoms with Gasteiger partial charge in [0.15, 0.2) is 4.67 Å². The van der Waals surface area contributed by atoms with Crippen molar-refractivity contribution in [1.29, 1.82) is 0 Å². The van der Waals surface area contributed by atoms with Crippen LogP contribution in [0.2, 0.25) is 0 Å². The van der Waals surface area contributed by atoms with Gasteiger partial charge >= 0.3 is 11.7 Å². The highest BCUT2D eigenvalue weighted by molar-refractivity contribution is 9.10. The summed E-state index contributed by atoms with van der Waals surface area (Å²) in [4.78, 5) is 21.6. The first-order chi connectivity index (χ1) is 8.97. The average Bonchev–Trinajstić information content (AvgIpc) is 2.75. The summed E-state index contributed by atoms with van der Waals surface area (Å²) >= 11 is 2.99. The molecule has 8 heteroatoms. The zero-order valence-electron chi connectivity index (χ0n) is 9.13. The number of furan rings is 1. The van der Waals surface area contributed by atoms with Crippen LogP contribution in [0, 0.1) is 15.9 Å². The van der Waals surface area contributed by atoms with Crippen molar-refractivity contribution < 1.29 is 23.3 Å². The summed E-state index contributed by atoms with van der Waals surface area (Å²) in [5.41, 5.74) is -0.514. The number of nitro benzene ring substituents is 1. The topological polar surface area (TPSA) is 82.6 Å². The van der Waals surface area contributed by atoms with E-state index in [9.17, 15) is 19.3 Å². The normalized spacial score (nSPS) is 10.2. The first-order valence-electron chi connectivity index (χ1n) is 4.89. The number of carbonyl (C=O) groups excluding carboxylic acids is 1. The Kier molecular flexibility index (Phi) is 3.61. The zero-order valence-corrected chi connectivity index (χ0v) is 10.7. The number of nitrogens with zero attached hydrogens (tertiary/aromatic N) is 1. The number of esters is 1. The minimum atomic E-state index is -0.959. The van der Waals surface area contributed by atoms with Crippen LogP contribution in [-0.2, 0) is 0 Å². The fraction of sp³-hybridized carbons (Fsp3) is 0. The number of hydrogen-bond acceptors (Lipinski definition) is 5. The SMILES string of the molecule is O=C(Oc1cc(F)ccc1[N+](=O)[O-])c1ccc(Br)o1. The lowest BCUT2D eigenvalue weighted by molar-refractivity contribution is -0.385. The molecule has 6 nitrogen and oxygen atoms in total. The smallest absolute Gasteiger partial charge is 0.379 e. The van der Waals surface area contributed by atoms with E-state index in [-0.39, 0.29) is 5.76 Å². The van der Waals surface area contributed by atoms with Crippen LogP contribution in [0.4, 0.5) is 10.1 Å². The second-order valence-corrected chi connectivity index (χ2v) is 4.14. The van der Waals surface area contributed by atoms with Crippen molar-refractivity contribution in [3.63, 3.8) is 0 Å². The first kappa shape index (κ1) is 13.2. The van der Waals surface area contributed by atoms with Gasteiger partial charge in [-0.2, -0.15) is 0 Å². The molecular formula is C11H5BrFNO5. The van der Waals surface area contributed by atoms with Crippen molar-refractivity contribution >= 4 is 27.6 Å². The molecule has 0 radical (unpaired) electrons. The largest absolute Gasteiger partial charge is 0.442 e. The Balaban J connectivity index is 2.30. The molecule has 0 aliphatic carbocycles. The Morgan fingerprint density at radius 1 is 1.37 bits per heavy atom. The molecule has 1 heterocycles. The Bertz CT molecular complexity index is 654. The van der Waals surface area contributed by atoms with E-state index < -0.39 is 28.1 Å². The molecule has 0 saturated heterocycles. The van der Waals surface area contributed by atoms with Gasteiger partial charge < -0.3 is 9.15 Å². The third kappa shape index (κ3) is 2.97. The molecule has 0 aliphatic rings. The van der Waals surface area contributed by atoms with Crippen LogP contribution in [0.15, 0.2) is 39.4 Å². The Labute approximate surface area is 114 Å². The molecule has 0 saturated carbocycles. The van der Waals surface area contributed by atoms with Gasteiger partial charge in [0.1, 0.15) is 5.82 Å². The van der Waals surface area contributed by atoms with Gasteiger partial charge in [0.05, 0.1) is 4.92 Å². The van der Waals surface area contributed by atoms with Crippen LogP contribution in [0.25, 0.3) is 0 Å². The fourth-order valence-corrected chi connectivity index (χ4v) is 1.60. The van der Waals surface area contributed by atoms with Gasteiger partial charge in [-0.25, -0.2) is 9.18 Å². The molecule has 0 fully saturated rings. The Hall–Kier alpha value is -2.22. The summed E-state index contributed by atoms with van der Waals surface area (Å²) in [6.45, 7) is 0. The van der Waals surface area contributed by atoms with Crippen molar-refractivity contribution in [3.05, 3.63) is 56.7 Å². The van der Waals surface area contributed by atoms with E-state index in [2.05, 4.69) is 15.9 Å².